The summed E-state index contributed by atoms with van der Waals surface area (Å²) < 4.78 is 15.2. The largest absolute Gasteiger partial charge is 0.469 e. The maximum atomic E-state index is 11.0. The molecule has 86 valence electrons. The van der Waals surface area contributed by atoms with Crippen LogP contribution in [0.4, 0.5) is 0 Å². The molecule has 0 atom stereocenters. The van der Waals surface area contributed by atoms with E-state index >= 15 is 0 Å². The van der Waals surface area contributed by atoms with Crippen LogP contribution in [0.1, 0.15) is 17.5 Å². The highest BCUT2D eigenvalue weighted by molar-refractivity contribution is 5.71. The maximum Gasteiger partial charge on any atom is 0.311 e. The molecular formula is C11H13NO4. The predicted molar refractivity (Wildman–Crippen MR) is 54.6 cm³/mol. The number of hydrogen-bond acceptors (Lipinski definition) is 5. The molecule has 1 aliphatic heterocycles. The molecule has 5 nitrogen and oxygen atoms in total. The Morgan fingerprint density at radius 1 is 1.50 bits per heavy atom. The molecule has 0 bridgehead atoms. The molecule has 2 rings (SSSR count). The van der Waals surface area contributed by atoms with Crippen LogP contribution in [0.15, 0.2) is 18.3 Å². The van der Waals surface area contributed by atoms with Crippen LogP contribution in [-0.2, 0) is 25.4 Å². The lowest BCUT2D eigenvalue weighted by Crippen LogP contribution is -2.07. The Morgan fingerprint density at radius 3 is 2.81 bits per heavy atom. The monoisotopic (exact) mass is 223 g/mol. The Labute approximate surface area is 93.3 Å². The molecule has 1 saturated heterocycles. The SMILES string of the molecule is COC(=O)Cc1ccc(C2OCCO2)cn1. The number of rotatable bonds is 3. The summed E-state index contributed by atoms with van der Waals surface area (Å²) in [5.74, 6) is -0.298. The number of carbonyl (C=O) groups is 1. The summed E-state index contributed by atoms with van der Waals surface area (Å²) >= 11 is 0. The van der Waals surface area contributed by atoms with Crippen LogP contribution in [0, 0.1) is 0 Å². The van der Waals surface area contributed by atoms with Crippen molar-refractivity contribution in [1.29, 1.82) is 0 Å². The molecule has 1 aliphatic rings. The molecule has 0 saturated carbocycles. The van der Waals surface area contributed by atoms with Crippen molar-refractivity contribution in [2.24, 2.45) is 0 Å². The van der Waals surface area contributed by atoms with Gasteiger partial charge >= 0.3 is 5.97 Å². The van der Waals surface area contributed by atoms with Crippen molar-refractivity contribution in [1.82, 2.24) is 4.98 Å². The fraction of sp³-hybridized carbons (Fsp3) is 0.455. The zero-order chi connectivity index (χ0) is 11.4. The predicted octanol–water partition coefficient (Wildman–Crippen LogP) is 0.843. The molecule has 1 aromatic heterocycles. The Bertz CT molecular complexity index is 357. The lowest BCUT2D eigenvalue weighted by molar-refractivity contribution is -0.139. The third-order valence-corrected chi connectivity index (χ3v) is 2.29. The van der Waals surface area contributed by atoms with Crippen LogP contribution < -0.4 is 0 Å². The van der Waals surface area contributed by atoms with E-state index in [2.05, 4.69) is 9.72 Å². The van der Waals surface area contributed by atoms with E-state index in [1.165, 1.54) is 7.11 Å². The second-order valence-electron chi connectivity index (χ2n) is 3.41. The van der Waals surface area contributed by atoms with Crippen LogP contribution in [0.5, 0.6) is 0 Å². The van der Waals surface area contributed by atoms with Gasteiger partial charge < -0.3 is 14.2 Å². The molecule has 5 heteroatoms. The first-order chi connectivity index (χ1) is 7.79. The minimum atomic E-state index is -0.320. The lowest BCUT2D eigenvalue weighted by atomic mass is 10.2. The van der Waals surface area contributed by atoms with Gasteiger partial charge in [-0.2, -0.15) is 0 Å². The number of esters is 1. The molecule has 0 unspecified atom stereocenters. The Hall–Kier alpha value is -1.46. The van der Waals surface area contributed by atoms with Gasteiger partial charge in [-0.25, -0.2) is 0 Å². The zero-order valence-corrected chi connectivity index (χ0v) is 9.01. The van der Waals surface area contributed by atoms with Crippen LogP contribution in [0.2, 0.25) is 0 Å². The number of nitrogens with zero attached hydrogens (tertiary/aromatic N) is 1. The number of ether oxygens (including phenoxy) is 3. The van der Waals surface area contributed by atoms with Gasteiger partial charge in [-0.15, -0.1) is 0 Å². The van der Waals surface area contributed by atoms with Crippen molar-refractivity contribution >= 4 is 5.97 Å². The van der Waals surface area contributed by atoms with Crippen LogP contribution in [-0.4, -0.2) is 31.3 Å². The highest BCUT2D eigenvalue weighted by Crippen LogP contribution is 2.22. The van der Waals surface area contributed by atoms with E-state index in [4.69, 9.17) is 9.47 Å². The van der Waals surface area contributed by atoms with Crippen molar-refractivity contribution in [3.05, 3.63) is 29.6 Å². The Morgan fingerprint density at radius 2 is 2.25 bits per heavy atom. The normalized spacial score (nSPS) is 16.3. The average Bonchev–Trinajstić information content (AvgIpc) is 2.83. The summed E-state index contributed by atoms with van der Waals surface area (Å²) in [5.41, 5.74) is 1.54. The van der Waals surface area contributed by atoms with Gasteiger partial charge in [0, 0.05) is 11.8 Å². The van der Waals surface area contributed by atoms with E-state index in [0.717, 1.165) is 5.56 Å². The molecular weight excluding hydrogens is 210 g/mol. The van der Waals surface area contributed by atoms with E-state index in [1.807, 2.05) is 6.07 Å². The molecule has 0 amide bonds. The summed E-state index contributed by atoms with van der Waals surface area (Å²) in [6, 6.07) is 3.62. The van der Waals surface area contributed by atoms with E-state index in [9.17, 15) is 4.79 Å². The van der Waals surface area contributed by atoms with E-state index in [1.54, 1.807) is 12.3 Å². The first kappa shape index (κ1) is 11.0. The molecule has 0 radical (unpaired) electrons. The Balaban J connectivity index is 2.01. The first-order valence-electron chi connectivity index (χ1n) is 5.04. The zero-order valence-electron chi connectivity index (χ0n) is 9.01. The molecule has 16 heavy (non-hydrogen) atoms. The first-order valence-corrected chi connectivity index (χ1v) is 5.04. The van der Waals surface area contributed by atoms with Gasteiger partial charge in [-0.1, -0.05) is 6.07 Å². The van der Waals surface area contributed by atoms with Gasteiger partial charge in [0.15, 0.2) is 6.29 Å². The average molecular weight is 223 g/mol. The smallest absolute Gasteiger partial charge is 0.311 e. The topological polar surface area (TPSA) is 57.7 Å². The molecule has 0 spiro atoms. The van der Waals surface area contributed by atoms with Crippen molar-refractivity contribution in [2.75, 3.05) is 20.3 Å². The quantitative estimate of drug-likeness (QED) is 0.711. The highest BCUT2D eigenvalue weighted by Gasteiger charge is 2.18. The van der Waals surface area contributed by atoms with Crippen LogP contribution in [0.3, 0.4) is 0 Å². The van der Waals surface area contributed by atoms with Crippen molar-refractivity contribution in [3.8, 4) is 0 Å². The Kier molecular flexibility index (Phi) is 3.48. The molecule has 0 N–H and O–H groups in total. The molecule has 0 aromatic carbocycles. The summed E-state index contributed by atoms with van der Waals surface area (Å²) in [6.07, 6.45) is 1.52. The standard InChI is InChI=1S/C11H13NO4/c1-14-10(13)6-9-3-2-8(7-12-9)11-15-4-5-16-11/h2-3,7,11H,4-6H2,1H3. The van der Waals surface area contributed by atoms with Gasteiger partial charge in [0.05, 0.1) is 32.4 Å². The third-order valence-electron chi connectivity index (χ3n) is 2.29. The maximum absolute atomic E-state index is 11.0. The summed E-state index contributed by atoms with van der Waals surface area (Å²) in [4.78, 5) is 15.2. The van der Waals surface area contributed by atoms with Crippen LogP contribution >= 0.6 is 0 Å². The molecule has 1 fully saturated rings. The van der Waals surface area contributed by atoms with Crippen molar-refractivity contribution < 1.29 is 19.0 Å². The van der Waals surface area contributed by atoms with Gasteiger partial charge in [-0.05, 0) is 6.07 Å². The molecule has 1 aromatic rings. The summed E-state index contributed by atoms with van der Waals surface area (Å²) in [5, 5.41) is 0. The van der Waals surface area contributed by atoms with Crippen LogP contribution in [0.25, 0.3) is 0 Å². The minimum absolute atomic E-state index is 0.184. The van der Waals surface area contributed by atoms with Gasteiger partial charge in [0.25, 0.3) is 0 Å². The van der Waals surface area contributed by atoms with Crippen molar-refractivity contribution in [3.63, 3.8) is 0 Å². The summed E-state index contributed by atoms with van der Waals surface area (Å²) in [6.45, 7) is 1.21. The summed E-state index contributed by atoms with van der Waals surface area (Å²) in [7, 11) is 1.36. The lowest BCUT2D eigenvalue weighted by Gasteiger charge is -2.08. The van der Waals surface area contributed by atoms with E-state index in [-0.39, 0.29) is 18.7 Å². The second-order valence-corrected chi connectivity index (χ2v) is 3.41. The fourth-order valence-electron chi connectivity index (χ4n) is 1.45. The van der Waals surface area contributed by atoms with Gasteiger partial charge in [0.1, 0.15) is 0 Å². The van der Waals surface area contributed by atoms with E-state index in [0.29, 0.717) is 18.9 Å². The minimum Gasteiger partial charge on any atom is -0.469 e. The third kappa shape index (κ3) is 2.56. The second kappa shape index (κ2) is 5.05. The van der Waals surface area contributed by atoms with Gasteiger partial charge in [0.2, 0.25) is 0 Å². The number of hydrogen-bond donors (Lipinski definition) is 0. The van der Waals surface area contributed by atoms with Gasteiger partial charge in [-0.3, -0.25) is 9.78 Å². The number of pyridine rings is 1. The highest BCUT2D eigenvalue weighted by atomic mass is 16.7. The number of aromatic nitrogens is 1. The fourth-order valence-corrected chi connectivity index (χ4v) is 1.45. The van der Waals surface area contributed by atoms with Crippen molar-refractivity contribution in [2.45, 2.75) is 12.7 Å². The molecule has 2 heterocycles. The molecule has 0 aliphatic carbocycles. The van der Waals surface area contributed by atoms with E-state index < -0.39 is 0 Å². The number of methoxy groups -OCH3 is 1. The number of carbonyl (C=O) groups excluding carboxylic acids is 1.